The summed E-state index contributed by atoms with van der Waals surface area (Å²) in [5.74, 6) is 2.64. The van der Waals surface area contributed by atoms with Gasteiger partial charge in [-0.3, -0.25) is 0 Å². The van der Waals surface area contributed by atoms with Gasteiger partial charge in [-0.2, -0.15) is 0 Å². The maximum absolute atomic E-state index is 11.8. The largest absolute Gasteiger partial charge is 0.394 e. The maximum Gasteiger partial charge on any atom is 0.187 e. The first-order valence-corrected chi connectivity index (χ1v) is 30.8. The predicted molar refractivity (Wildman–Crippen MR) is 288 cm³/mol. The smallest absolute Gasteiger partial charge is 0.187 e. The van der Waals surface area contributed by atoms with Gasteiger partial charge in [-0.25, -0.2) is 0 Å². The first kappa shape index (κ1) is 68.0. The zero-order valence-electron chi connectivity index (χ0n) is 49.1. The van der Waals surface area contributed by atoms with Crippen molar-refractivity contribution in [2.75, 3.05) is 39.6 Å². The summed E-state index contributed by atoms with van der Waals surface area (Å²) >= 11 is 0. The maximum atomic E-state index is 11.8. The second-order valence-corrected chi connectivity index (χ2v) is 26.7. The third-order valence-corrected chi connectivity index (χ3v) is 21.7. The first-order valence-electron chi connectivity index (χ1n) is 30.8. The number of aliphatic hydroxyl groups is 17. The number of allylic oxidation sites excluding steroid dienone is 1. The Kier molecular flexibility index (Phi) is 22.6. The van der Waals surface area contributed by atoms with Gasteiger partial charge in [-0.15, -0.1) is 0 Å². The van der Waals surface area contributed by atoms with Gasteiger partial charge >= 0.3 is 0 Å². The minimum Gasteiger partial charge on any atom is -0.394 e. The molecule has 8 fully saturated rings. The lowest BCUT2D eigenvalue weighted by Crippen LogP contribution is -2.66. The van der Waals surface area contributed by atoms with E-state index in [4.69, 9.17) is 47.4 Å². The summed E-state index contributed by atoms with van der Waals surface area (Å²) in [6, 6.07) is 0. The van der Waals surface area contributed by atoms with E-state index in [9.17, 15) is 86.8 Å². The molecule has 9 aliphatic rings. The summed E-state index contributed by atoms with van der Waals surface area (Å²) in [7, 11) is 0. The van der Waals surface area contributed by atoms with Gasteiger partial charge in [0.2, 0.25) is 0 Å². The van der Waals surface area contributed by atoms with Crippen LogP contribution in [-0.2, 0) is 47.4 Å². The standard InChI is InChI=1S/C58H98O27/c1-23(6-7-24(2)29-10-11-30-28-9-8-26-16-27(12-14-57(26,4)31(28)13-15-58(29,30)5)78-54-45(71)41(67)37(63)32(17-59)79-54)25(3)21-76-53-49(75)51(85-56-47(73)43(69)39(65)34(19-61)81-56)40(66)36(83-53)22-77-52-48(74)44(70)50(35(20-62)82-52)84-55-46(72)42(68)38(64)33(18-60)80-55/h8,23-25,27-56,59-75H,6-7,9-22H2,1-5H3. The summed E-state index contributed by atoms with van der Waals surface area (Å²) in [4.78, 5) is 0. The Morgan fingerprint density at radius 2 is 0.976 bits per heavy atom. The van der Waals surface area contributed by atoms with Crippen LogP contribution in [0.1, 0.15) is 98.8 Å². The Balaban J connectivity index is 0.799. The average Bonchev–Trinajstić information content (AvgIpc) is 1.77. The predicted octanol–water partition coefficient (Wildman–Crippen LogP) is -4.27. The molecule has 492 valence electrons. The molecule has 3 saturated carbocycles. The van der Waals surface area contributed by atoms with Crippen LogP contribution in [0.4, 0.5) is 0 Å². The quantitative estimate of drug-likeness (QED) is 0.0484. The molecule has 27 nitrogen and oxygen atoms in total. The minimum absolute atomic E-state index is 0.0125. The van der Waals surface area contributed by atoms with E-state index in [1.807, 2.05) is 6.92 Å². The lowest BCUT2D eigenvalue weighted by molar-refractivity contribution is -0.373. The van der Waals surface area contributed by atoms with Crippen LogP contribution in [-0.4, -0.2) is 286 Å². The SMILES string of the molecule is CC(CCC(C)C1CCC2C3CC=C4CC(OC5OC(CO)C(O)C(O)C5O)CCC4(C)C3CCC12C)C(C)COC1OC(COC2OC(CO)C(OC3OC(CO)C(O)C(O)C3O)C(O)C2O)C(O)C(OC2OC(CO)C(O)C(O)C2O)C1O. The molecule has 85 heavy (non-hydrogen) atoms. The van der Waals surface area contributed by atoms with Gasteiger partial charge in [-0.1, -0.05) is 59.1 Å². The topological polar surface area (TPSA) is 436 Å². The molecular weight excluding hydrogens is 1130 g/mol. The van der Waals surface area contributed by atoms with E-state index in [2.05, 4.69) is 33.8 Å². The van der Waals surface area contributed by atoms with Crippen molar-refractivity contribution >= 4 is 0 Å². The number of hydrogen-bond acceptors (Lipinski definition) is 27. The number of hydrogen-bond donors (Lipinski definition) is 17. The molecule has 0 spiro atoms. The van der Waals surface area contributed by atoms with Crippen LogP contribution in [0.3, 0.4) is 0 Å². The minimum atomic E-state index is -1.95. The highest BCUT2D eigenvalue weighted by molar-refractivity contribution is 5.25. The van der Waals surface area contributed by atoms with Crippen LogP contribution >= 0.6 is 0 Å². The van der Waals surface area contributed by atoms with Gasteiger partial charge in [0.05, 0.1) is 45.7 Å². The summed E-state index contributed by atoms with van der Waals surface area (Å²) in [6.45, 7) is 7.87. The lowest BCUT2D eigenvalue weighted by Gasteiger charge is -2.58. The van der Waals surface area contributed by atoms with E-state index in [0.29, 0.717) is 36.0 Å². The molecule has 5 heterocycles. The van der Waals surface area contributed by atoms with Crippen molar-refractivity contribution in [3.63, 3.8) is 0 Å². The van der Waals surface area contributed by atoms with Crippen molar-refractivity contribution < 1.29 is 134 Å². The molecule has 0 aromatic rings. The fourth-order valence-electron chi connectivity index (χ4n) is 16.1. The Morgan fingerprint density at radius 1 is 0.471 bits per heavy atom. The first-order chi connectivity index (χ1) is 40.3. The van der Waals surface area contributed by atoms with Gasteiger partial charge < -0.3 is 134 Å². The van der Waals surface area contributed by atoms with Gasteiger partial charge in [0, 0.05) is 0 Å². The molecule has 17 N–H and O–H groups in total. The summed E-state index contributed by atoms with van der Waals surface area (Å²) in [5, 5.41) is 180. The molecular formula is C58H98O27. The summed E-state index contributed by atoms with van der Waals surface area (Å²) in [5.41, 5.74) is 1.56. The zero-order valence-corrected chi connectivity index (χ0v) is 49.1. The van der Waals surface area contributed by atoms with E-state index < -0.39 is 187 Å². The third kappa shape index (κ3) is 13.5. The molecule has 9 rings (SSSR count). The van der Waals surface area contributed by atoms with Crippen molar-refractivity contribution in [3.8, 4) is 0 Å². The summed E-state index contributed by atoms with van der Waals surface area (Å²) in [6.07, 6.45) is -29.0. The van der Waals surface area contributed by atoms with Crippen LogP contribution in [0.15, 0.2) is 11.6 Å². The van der Waals surface area contributed by atoms with Gasteiger partial charge in [0.25, 0.3) is 0 Å². The normalized spacial score (nSPS) is 51.4. The number of aliphatic hydroxyl groups excluding tert-OH is 17. The number of fused-ring (bicyclic) bond motifs is 5. The van der Waals surface area contributed by atoms with Gasteiger partial charge in [0.15, 0.2) is 31.5 Å². The highest BCUT2D eigenvalue weighted by atomic mass is 16.8. The Labute approximate surface area is 494 Å². The van der Waals surface area contributed by atoms with E-state index in [1.165, 1.54) is 12.0 Å². The molecule has 5 saturated heterocycles. The second-order valence-electron chi connectivity index (χ2n) is 26.7. The molecule has 5 aliphatic heterocycles. The van der Waals surface area contributed by atoms with E-state index >= 15 is 0 Å². The molecule has 0 aromatic carbocycles. The molecule has 4 aliphatic carbocycles. The van der Waals surface area contributed by atoms with Gasteiger partial charge in [-0.05, 0) is 104 Å². The summed E-state index contributed by atoms with van der Waals surface area (Å²) < 4.78 is 58.4. The molecule has 27 heteroatoms. The fourth-order valence-corrected chi connectivity index (χ4v) is 16.1. The van der Waals surface area contributed by atoms with Crippen LogP contribution in [0.2, 0.25) is 0 Å². The average molecular weight is 1230 g/mol. The van der Waals surface area contributed by atoms with Crippen molar-refractivity contribution in [1.82, 2.24) is 0 Å². The van der Waals surface area contributed by atoms with Crippen LogP contribution in [0.25, 0.3) is 0 Å². The highest BCUT2D eigenvalue weighted by Gasteiger charge is 2.60. The lowest BCUT2D eigenvalue weighted by atomic mass is 9.47. The second kappa shape index (κ2) is 28.3. The molecule has 35 atom stereocenters. The Bertz CT molecular complexity index is 2140. The van der Waals surface area contributed by atoms with Crippen molar-refractivity contribution in [2.45, 2.75) is 258 Å². The molecule has 0 aromatic heterocycles. The van der Waals surface area contributed by atoms with Crippen molar-refractivity contribution in [1.29, 1.82) is 0 Å². The van der Waals surface area contributed by atoms with E-state index in [0.717, 1.165) is 51.4 Å². The van der Waals surface area contributed by atoms with Crippen LogP contribution in [0, 0.1) is 52.3 Å². The van der Waals surface area contributed by atoms with E-state index in [-0.39, 0.29) is 35.4 Å². The Hall–Kier alpha value is -1.34. The van der Waals surface area contributed by atoms with Gasteiger partial charge in [0.1, 0.15) is 122 Å². The highest BCUT2D eigenvalue weighted by Crippen LogP contribution is 2.67. The molecule has 35 unspecified atom stereocenters. The molecule has 0 bridgehead atoms. The van der Waals surface area contributed by atoms with E-state index in [1.54, 1.807) is 0 Å². The molecule has 0 amide bonds. The van der Waals surface area contributed by atoms with Crippen molar-refractivity contribution in [3.05, 3.63) is 11.6 Å². The van der Waals surface area contributed by atoms with Crippen LogP contribution in [0.5, 0.6) is 0 Å². The zero-order chi connectivity index (χ0) is 61.7. The third-order valence-electron chi connectivity index (χ3n) is 21.7. The monoisotopic (exact) mass is 1230 g/mol. The Morgan fingerprint density at radius 3 is 1.54 bits per heavy atom. The van der Waals surface area contributed by atoms with Crippen molar-refractivity contribution in [2.24, 2.45) is 52.3 Å². The number of rotatable bonds is 21. The fraction of sp³-hybridized carbons (Fsp3) is 0.966. The number of ether oxygens (including phenoxy) is 10. The molecule has 0 radical (unpaired) electrons. The van der Waals surface area contributed by atoms with Crippen LogP contribution < -0.4 is 0 Å².